The van der Waals surface area contributed by atoms with E-state index >= 15 is 0 Å². The van der Waals surface area contributed by atoms with Crippen LogP contribution in [0.3, 0.4) is 0 Å². The Morgan fingerprint density at radius 1 is 1.00 bits per heavy atom. The number of halogens is 2. The Hall–Kier alpha value is -1.00. The number of furan rings is 1. The van der Waals surface area contributed by atoms with Crippen molar-refractivity contribution in [1.82, 2.24) is 10.2 Å². The fraction of sp³-hybridized carbons (Fsp3) is 0.412. The zero-order valence-corrected chi connectivity index (χ0v) is 14.2. The van der Waals surface area contributed by atoms with Crippen molar-refractivity contribution in [2.24, 2.45) is 0 Å². The van der Waals surface area contributed by atoms with Crippen LogP contribution in [0.5, 0.6) is 0 Å². The summed E-state index contributed by atoms with van der Waals surface area (Å²) in [5, 5.41) is 3.59. The van der Waals surface area contributed by atoms with E-state index in [4.69, 9.17) is 4.42 Å². The van der Waals surface area contributed by atoms with E-state index in [2.05, 4.69) is 40.5 Å². The number of hydrogen-bond acceptors (Lipinski definition) is 3. The number of nitrogens with zero attached hydrogens (tertiary/aromatic N) is 1. The van der Waals surface area contributed by atoms with Crippen LogP contribution in [-0.2, 0) is 13.1 Å². The molecule has 5 heteroatoms. The molecule has 0 spiro atoms. The van der Waals surface area contributed by atoms with Crippen LogP contribution in [0.25, 0.3) is 0 Å². The lowest BCUT2D eigenvalue weighted by molar-refractivity contribution is 0.188. The van der Waals surface area contributed by atoms with Gasteiger partial charge in [-0.3, -0.25) is 4.90 Å². The Morgan fingerprint density at radius 3 is 2.36 bits per heavy atom. The van der Waals surface area contributed by atoms with Gasteiger partial charge in [0.1, 0.15) is 5.76 Å². The van der Waals surface area contributed by atoms with Gasteiger partial charge in [0.05, 0.1) is 12.8 Å². The second-order valence-corrected chi connectivity index (χ2v) is 5.50. The molecule has 22 heavy (non-hydrogen) atoms. The highest BCUT2D eigenvalue weighted by Crippen LogP contribution is 2.14. The van der Waals surface area contributed by atoms with Gasteiger partial charge in [-0.2, -0.15) is 0 Å². The first-order valence-corrected chi connectivity index (χ1v) is 7.42. The summed E-state index contributed by atoms with van der Waals surface area (Å²) in [5.41, 5.74) is 1.41. The molecule has 1 fully saturated rings. The Bertz CT molecular complexity index is 497. The fourth-order valence-corrected chi connectivity index (χ4v) is 2.79. The van der Waals surface area contributed by atoms with E-state index in [-0.39, 0.29) is 24.8 Å². The first-order valence-electron chi connectivity index (χ1n) is 7.42. The molecule has 0 saturated carbocycles. The average molecular weight is 343 g/mol. The summed E-state index contributed by atoms with van der Waals surface area (Å²) in [4.78, 5) is 2.54. The van der Waals surface area contributed by atoms with E-state index < -0.39 is 0 Å². The maximum absolute atomic E-state index is 5.35. The SMILES string of the molecule is Cl.Cl.c1ccc(CN2CCC(NCc3ccco3)CC2)cc1. The van der Waals surface area contributed by atoms with E-state index in [0.717, 1.165) is 18.8 Å². The first-order chi connectivity index (χ1) is 9.90. The van der Waals surface area contributed by atoms with Crippen molar-refractivity contribution in [3.8, 4) is 0 Å². The van der Waals surface area contributed by atoms with Crippen LogP contribution in [0, 0.1) is 0 Å². The molecule has 0 atom stereocenters. The zero-order chi connectivity index (χ0) is 13.6. The largest absolute Gasteiger partial charge is 0.468 e. The van der Waals surface area contributed by atoms with Crippen LogP contribution in [0.1, 0.15) is 24.2 Å². The van der Waals surface area contributed by atoms with Gasteiger partial charge in [0, 0.05) is 12.6 Å². The number of benzene rings is 1. The topological polar surface area (TPSA) is 28.4 Å². The minimum atomic E-state index is 0. The van der Waals surface area contributed by atoms with E-state index in [9.17, 15) is 0 Å². The quantitative estimate of drug-likeness (QED) is 0.893. The molecule has 0 radical (unpaired) electrons. The number of piperidine rings is 1. The average Bonchev–Trinajstić information content (AvgIpc) is 3.01. The van der Waals surface area contributed by atoms with E-state index in [0.29, 0.717) is 6.04 Å². The van der Waals surface area contributed by atoms with Crippen LogP contribution in [0.15, 0.2) is 53.1 Å². The molecule has 3 rings (SSSR count). The second kappa shape index (κ2) is 9.90. The molecule has 1 aromatic carbocycles. The Kier molecular flexibility index (Phi) is 8.57. The maximum Gasteiger partial charge on any atom is 0.117 e. The van der Waals surface area contributed by atoms with Crippen LogP contribution in [0.4, 0.5) is 0 Å². The lowest BCUT2D eigenvalue weighted by Gasteiger charge is -2.32. The molecule has 3 nitrogen and oxygen atoms in total. The summed E-state index contributed by atoms with van der Waals surface area (Å²) in [7, 11) is 0. The smallest absolute Gasteiger partial charge is 0.117 e. The molecule has 2 heterocycles. The lowest BCUT2D eigenvalue weighted by Crippen LogP contribution is -2.41. The third kappa shape index (κ3) is 5.65. The molecule has 1 aromatic heterocycles. The summed E-state index contributed by atoms with van der Waals surface area (Å²) in [6.45, 7) is 4.26. The Balaban J connectivity index is 0.00000121. The first kappa shape index (κ1) is 19.0. The molecule has 0 unspecified atom stereocenters. The predicted molar refractivity (Wildman–Crippen MR) is 94.8 cm³/mol. The van der Waals surface area contributed by atoms with Crippen LogP contribution < -0.4 is 5.32 Å². The number of likely N-dealkylation sites (tertiary alicyclic amines) is 1. The number of rotatable bonds is 5. The minimum Gasteiger partial charge on any atom is -0.468 e. The fourth-order valence-electron chi connectivity index (χ4n) is 2.79. The zero-order valence-electron chi connectivity index (χ0n) is 12.6. The van der Waals surface area contributed by atoms with Gasteiger partial charge in [-0.25, -0.2) is 0 Å². The molecular formula is C17H24Cl2N2O. The molecule has 122 valence electrons. The van der Waals surface area contributed by atoms with Crippen LogP contribution in [-0.4, -0.2) is 24.0 Å². The highest BCUT2D eigenvalue weighted by molar-refractivity contribution is 5.85. The molecule has 1 saturated heterocycles. The van der Waals surface area contributed by atoms with E-state index in [1.807, 2.05) is 12.1 Å². The van der Waals surface area contributed by atoms with E-state index in [1.165, 1.54) is 31.5 Å². The normalized spacial score (nSPS) is 15.8. The third-order valence-corrected chi connectivity index (χ3v) is 3.98. The molecule has 0 bridgehead atoms. The van der Waals surface area contributed by atoms with Crippen LogP contribution >= 0.6 is 24.8 Å². The number of nitrogens with one attached hydrogen (secondary N) is 1. The summed E-state index contributed by atoms with van der Waals surface area (Å²) < 4.78 is 5.35. The molecule has 0 aliphatic carbocycles. The molecule has 2 aromatic rings. The summed E-state index contributed by atoms with van der Waals surface area (Å²) in [6, 6.07) is 15.3. The van der Waals surface area contributed by atoms with Gasteiger partial charge in [0.25, 0.3) is 0 Å². The highest BCUT2D eigenvalue weighted by atomic mass is 35.5. The van der Waals surface area contributed by atoms with Gasteiger partial charge >= 0.3 is 0 Å². The van der Waals surface area contributed by atoms with Crippen molar-refractivity contribution in [3.05, 3.63) is 60.1 Å². The van der Waals surface area contributed by atoms with Gasteiger partial charge in [-0.15, -0.1) is 24.8 Å². The van der Waals surface area contributed by atoms with Crippen molar-refractivity contribution in [3.63, 3.8) is 0 Å². The predicted octanol–water partition coefficient (Wildman–Crippen LogP) is 3.88. The van der Waals surface area contributed by atoms with Crippen molar-refractivity contribution < 1.29 is 4.42 Å². The van der Waals surface area contributed by atoms with E-state index in [1.54, 1.807) is 6.26 Å². The molecular weight excluding hydrogens is 319 g/mol. The van der Waals surface area contributed by atoms with Crippen molar-refractivity contribution in [1.29, 1.82) is 0 Å². The standard InChI is InChI=1S/C17H22N2O.2ClH/c1-2-5-15(6-3-1)14-19-10-8-16(9-11-19)18-13-17-7-4-12-20-17;;/h1-7,12,16,18H,8-11,13-14H2;2*1H. The van der Waals surface area contributed by atoms with Crippen molar-refractivity contribution in [2.75, 3.05) is 13.1 Å². The number of hydrogen-bond donors (Lipinski definition) is 1. The highest BCUT2D eigenvalue weighted by Gasteiger charge is 2.18. The monoisotopic (exact) mass is 342 g/mol. The molecule has 0 amide bonds. The third-order valence-electron chi connectivity index (χ3n) is 3.98. The Morgan fingerprint density at radius 2 is 1.73 bits per heavy atom. The summed E-state index contributed by atoms with van der Waals surface area (Å²) in [6.07, 6.45) is 4.17. The minimum absolute atomic E-state index is 0. The second-order valence-electron chi connectivity index (χ2n) is 5.50. The van der Waals surface area contributed by atoms with Gasteiger partial charge in [-0.1, -0.05) is 30.3 Å². The van der Waals surface area contributed by atoms with Gasteiger partial charge in [0.2, 0.25) is 0 Å². The lowest BCUT2D eigenvalue weighted by atomic mass is 10.0. The molecule has 1 N–H and O–H groups in total. The van der Waals surface area contributed by atoms with Gasteiger partial charge < -0.3 is 9.73 Å². The summed E-state index contributed by atoms with van der Waals surface area (Å²) >= 11 is 0. The maximum atomic E-state index is 5.35. The van der Waals surface area contributed by atoms with Gasteiger partial charge in [0.15, 0.2) is 0 Å². The molecule has 1 aliphatic rings. The van der Waals surface area contributed by atoms with Gasteiger partial charge in [-0.05, 0) is 43.6 Å². The molecule has 1 aliphatic heterocycles. The Labute approximate surface area is 144 Å². The van der Waals surface area contributed by atoms with Crippen molar-refractivity contribution >= 4 is 24.8 Å². The van der Waals surface area contributed by atoms with Crippen molar-refractivity contribution in [2.45, 2.75) is 32.0 Å². The van der Waals surface area contributed by atoms with Crippen LogP contribution in [0.2, 0.25) is 0 Å². The summed E-state index contributed by atoms with van der Waals surface area (Å²) in [5.74, 6) is 1.02.